The number of halogens is 2. The molecule has 0 amide bonds. The van der Waals surface area contributed by atoms with Crippen LogP contribution in [0.2, 0.25) is 0 Å². The second kappa shape index (κ2) is 4.87. The summed E-state index contributed by atoms with van der Waals surface area (Å²) in [7, 11) is 0. The fourth-order valence-corrected chi connectivity index (χ4v) is 4.94. The third-order valence-electron chi connectivity index (χ3n) is 3.39. The van der Waals surface area contributed by atoms with Crippen LogP contribution in [0.4, 0.5) is 0 Å². The van der Waals surface area contributed by atoms with Gasteiger partial charge < -0.3 is 0 Å². The minimum atomic E-state index is 0.507. The molecule has 0 fully saturated rings. The number of alkyl halides is 1. The Balaban J connectivity index is 1.83. The number of thiophene rings is 1. The highest BCUT2D eigenvalue weighted by atomic mass is 79.9. The van der Waals surface area contributed by atoms with Gasteiger partial charge in [-0.1, -0.05) is 40.2 Å². The molecule has 88 valence electrons. The average molecular weight is 372 g/mol. The lowest BCUT2D eigenvalue weighted by molar-refractivity contribution is 0.559. The van der Waals surface area contributed by atoms with E-state index in [1.807, 2.05) is 11.3 Å². The number of rotatable bonds is 2. The molecule has 0 radical (unpaired) electrons. The van der Waals surface area contributed by atoms with Gasteiger partial charge in [-0.25, -0.2) is 0 Å². The first-order valence-corrected chi connectivity index (χ1v) is 8.28. The van der Waals surface area contributed by atoms with Crippen molar-refractivity contribution in [3.8, 4) is 0 Å². The Morgan fingerprint density at radius 1 is 1.24 bits per heavy atom. The Bertz CT molecular complexity index is 533. The molecule has 0 nitrogen and oxygen atoms in total. The molecule has 3 rings (SSSR count). The van der Waals surface area contributed by atoms with Crippen LogP contribution in [0.15, 0.2) is 40.2 Å². The van der Waals surface area contributed by atoms with Gasteiger partial charge >= 0.3 is 0 Å². The smallest absolute Gasteiger partial charge is 0.0432 e. The van der Waals surface area contributed by atoms with Gasteiger partial charge in [-0.15, -0.1) is 11.3 Å². The Labute approximate surface area is 122 Å². The topological polar surface area (TPSA) is 0 Å². The van der Waals surface area contributed by atoms with Crippen molar-refractivity contribution in [2.24, 2.45) is 5.92 Å². The molecule has 0 N–H and O–H groups in total. The summed E-state index contributed by atoms with van der Waals surface area (Å²) in [5.74, 6) is 0.683. The molecule has 0 bridgehead atoms. The van der Waals surface area contributed by atoms with E-state index in [2.05, 4.69) is 67.6 Å². The van der Waals surface area contributed by atoms with Crippen LogP contribution in [0, 0.1) is 5.92 Å². The van der Waals surface area contributed by atoms with Crippen molar-refractivity contribution in [1.29, 1.82) is 0 Å². The summed E-state index contributed by atoms with van der Waals surface area (Å²) >= 11 is 9.34. The molecule has 0 saturated carbocycles. The SMILES string of the molecule is Brc1ccsc1CC1Cc2ccccc2C1Br. The maximum Gasteiger partial charge on any atom is 0.0432 e. The van der Waals surface area contributed by atoms with E-state index in [0.29, 0.717) is 10.7 Å². The predicted octanol–water partition coefficient (Wildman–Crippen LogP) is 5.36. The van der Waals surface area contributed by atoms with E-state index in [1.54, 1.807) is 0 Å². The Morgan fingerprint density at radius 3 is 2.76 bits per heavy atom. The number of hydrogen-bond donors (Lipinski definition) is 0. The quantitative estimate of drug-likeness (QED) is 0.623. The molecule has 0 spiro atoms. The van der Waals surface area contributed by atoms with Crippen LogP contribution in [0.1, 0.15) is 20.8 Å². The lowest BCUT2D eigenvalue weighted by atomic mass is 10.0. The molecule has 1 aromatic carbocycles. The summed E-state index contributed by atoms with van der Waals surface area (Å²) < 4.78 is 1.26. The molecule has 1 aliphatic rings. The average Bonchev–Trinajstić information content (AvgIpc) is 2.87. The third-order valence-corrected chi connectivity index (χ3v) is 6.58. The fourth-order valence-electron chi connectivity index (χ4n) is 2.51. The Hall–Kier alpha value is -0.120. The molecule has 2 atom stereocenters. The predicted molar refractivity (Wildman–Crippen MR) is 81.0 cm³/mol. The van der Waals surface area contributed by atoms with Crippen molar-refractivity contribution in [3.63, 3.8) is 0 Å². The summed E-state index contributed by atoms with van der Waals surface area (Å²) in [6.45, 7) is 0. The van der Waals surface area contributed by atoms with Gasteiger partial charge in [0, 0.05) is 14.2 Å². The van der Waals surface area contributed by atoms with Gasteiger partial charge in [0.15, 0.2) is 0 Å². The van der Waals surface area contributed by atoms with Crippen LogP contribution >= 0.6 is 43.2 Å². The lowest BCUT2D eigenvalue weighted by Gasteiger charge is -2.13. The lowest BCUT2D eigenvalue weighted by Crippen LogP contribution is -2.05. The van der Waals surface area contributed by atoms with Gasteiger partial charge in [-0.05, 0) is 57.3 Å². The molecular formula is C14H12Br2S. The minimum Gasteiger partial charge on any atom is -0.148 e. The number of hydrogen-bond acceptors (Lipinski definition) is 1. The van der Waals surface area contributed by atoms with E-state index < -0.39 is 0 Å². The first-order valence-electron chi connectivity index (χ1n) is 5.69. The van der Waals surface area contributed by atoms with E-state index in [-0.39, 0.29) is 0 Å². The normalized spacial score (nSPS) is 22.7. The molecule has 2 unspecified atom stereocenters. The molecule has 0 aliphatic heterocycles. The summed E-state index contributed by atoms with van der Waals surface area (Å²) in [6.07, 6.45) is 2.35. The van der Waals surface area contributed by atoms with Gasteiger partial charge in [0.25, 0.3) is 0 Å². The maximum absolute atomic E-state index is 3.86. The summed E-state index contributed by atoms with van der Waals surface area (Å²) in [4.78, 5) is 1.97. The van der Waals surface area contributed by atoms with E-state index in [4.69, 9.17) is 0 Å². The van der Waals surface area contributed by atoms with Crippen LogP contribution in [-0.2, 0) is 12.8 Å². The van der Waals surface area contributed by atoms with E-state index in [9.17, 15) is 0 Å². The van der Waals surface area contributed by atoms with E-state index in [1.165, 1.54) is 26.9 Å². The summed E-state index contributed by atoms with van der Waals surface area (Å²) in [5, 5.41) is 2.16. The van der Waals surface area contributed by atoms with Crippen LogP contribution in [0.3, 0.4) is 0 Å². The van der Waals surface area contributed by atoms with Gasteiger partial charge in [-0.2, -0.15) is 0 Å². The molecule has 1 aliphatic carbocycles. The Morgan fingerprint density at radius 2 is 2.06 bits per heavy atom. The van der Waals surface area contributed by atoms with Crippen LogP contribution < -0.4 is 0 Å². The highest BCUT2D eigenvalue weighted by Gasteiger charge is 2.30. The first-order chi connectivity index (χ1) is 8.25. The van der Waals surface area contributed by atoms with Crippen LogP contribution in [-0.4, -0.2) is 0 Å². The first kappa shape index (κ1) is 11.9. The largest absolute Gasteiger partial charge is 0.148 e. The zero-order valence-electron chi connectivity index (χ0n) is 9.20. The Kier molecular flexibility index (Phi) is 3.42. The van der Waals surface area contributed by atoms with Gasteiger partial charge in [0.2, 0.25) is 0 Å². The van der Waals surface area contributed by atoms with Crippen molar-refractivity contribution in [3.05, 3.63) is 56.2 Å². The van der Waals surface area contributed by atoms with E-state index in [0.717, 1.165) is 6.42 Å². The second-order valence-corrected chi connectivity index (χ2v) is 7.30. The molecule has 1 heterocycles. The van der Waals surface area contributed by atoms with Crippen molar-refractivity contribution >= 4 is 43.2 Å². The highest BCUT2D eigenvalue weighted by molar-refractivity contribution is 9.10. The van der Waals surface area contributed by atoms with E-state index >= 15 is 0 Å². The standard InChI is InChI=1S/C14H12Br2S/c15-12-5-6-17-13(12)8-10-7-9-3-1-2-4-11(9)14(10)16/h1-6,10,14H,7-8H2. The fraction of sp³-hybridized carbons (Fsp3) is 0.286. The highest BCUT2D eigenvalue weighted by Crippen LogP contribution is 2.44. The minimum absolute atomic E-state index is 0.507. The molecule has 2 aromatic rings. The van der Waals surface area contributed by atoms with Crippen LogP contribution in [0.5, 0.6) is 0 Å². The van der Waals surface area contributed by atoms with Crippen molar-refractivity contribution in [2.45, 2.75) is 17.7 Å². The zero-order chi connectivity index (χ0) is 11.8. The monoisotopic (exact) mass is 370 g/mol. The molecule has 17 heavy (non-hydrogen) atoms. The molecule has 3 heteroatoms. The van der Waals surface area contributed by atoms with Crippen LogP contribution in [0.25, 0.3) is 0 Å². The maximum atomic E-state index is 3.86. The van der Waals surface area contributed by atoms with Crippen molar-refractivity contribution < 1.29 is 0 Å². The van der Waals surface area contributed by atoms with Crippen molar-refractivity contribution in [2.75, 3.05) is 0 Å². The van der Waals surface area contributed by atoms with Gasteiger partial charge in [0.05, 0.1) is 0 Å². The second-order valence-electron chi connectivity index (χ2n) is 4.46. The summed E-state index contributed by atoms with van der Waals surface area (Å²) in [5.41, 5.74) is 2.98. The number of benzene rings is 1. The molecular weight excluding hydrogens is 360 g/mol. The zero-order valence-corrected chi connectivity index (χ0v) is 13.2. The molecule has 0 saturated heterocycles. The van der Waals surface area contributed by atoms with Gasteiger partial charge in [-0.3, -0.25) is 0 Å². The summed E-state index contributed by atoms with van der Waals surface area (Å²) in [6, 6.07) is 10.9. The van der Waals surface area contributed by atoms with Crippen molar-refractivity contribution in [1.82, 2.24) is 0 Å². The van der Waals surface area contributed by atoms with Gasteiger partial charge in [0.1, 0.15) is 0 Å². The molecule has 1 aromatic heterocycles. The number of fused-ring (bicyclic) bond motifs is 1. The third kappa shape index (κ3) is 2.25.